The number of H-pyrrole nitrogens is 1. The second-order valence-corrected chi connectivity index (χ2v) is 7.44. The number of aromatic nitrogens is 1. The average molecular weight is 401 g/mol. The number of benzene rings is 3. The summed E-state index contributed by atoms with van der Waals surface area (Å²) in [7, 11) is 0. The molecule has 142 valence electrons. The predicted molar refractivity (Wildman–Crippen MR) is 116 cm³/mol. The maximum atomic E-state index is 13.1. The Kier molecular flexibility index (Phi) is 4.41. The smallest absolute Gasteiger partial charge is 0.258 e. The van der Waals surface area contributed by atoms with Crippen LogP contribution >= 0.6 is 11.6 Å². The quantitative estimate of drug-likeness (QED) is 0.478. The van der Waals surface area contributed by atoms with Gasteiger partial charge in [-0.2, -0.15) is 0 Å². The van der Waals surface area contributed by atoms with E-state index in [-0.39, 0.29) is 11.7 Å². The van der Waals surface area contributed by atoms with Crippen molar-refractivity contribution in [1.82, 2.24) is 4.98 Å². The number of halogens is 1. The lowest BCUT2D eigenvalue weighted by molar-refractivity contribution is 0.0857. The summed E-state index contributed by atoms with van der Waals surface area (Å²) in [5.74, 6) is 0. The Labute approximate surface area is 172 Å². The molecule has 0 spiro atoms. The van der Waals surface area contributed by atoms with Crippen molar-refractivity contribution in [3.63, 3.8) is 0 Å². The first kappa shape index (κ1) is 17.7. The lowest BCUT2D eigenvalue weighted by atomic mass is 9.91. The Hall–Kier alpha value is -3.37. The molecule has 3 aromatic carbocycles. The number of rotatable bonds is 3. The molecule has 1 atom stereocenters. The molecule has 1 aliphatic heterocycles. The highest BCUT2D eigenvalue weighted by atomic mass is 35.5. The molecule has 0 aliphatic carbocycles. The monoisotopic (exact) mass is 400 g/mol. The van der Waals surface area contributed by atoms with Gasteiger partial charge in [0.15, 0.2) is 6.10 Å². The largest absolute Gasteiger partial charge is 0.387 e. The molecule has 0 amide bonds. The molecule has 29 heavy (non-hydrogen) atoms. The minimum absolute atomic E-state index is 0.185. The zero-order valence-electron chi connectivity index (χ0n) is 15.4. The van der Waals surface area contributed by atoms with Gasteiger partial charge in [0.1, 0.15) is 0 Å². The molecule has 2 heterocycles. The lowest BCUT2D eigenvalue weighted by Gasteiger charge is -2.13. The van der Waals surface area contributed by atoms with Gasteiger partial charge < -0.3 is 9.82 Å². The molecule has 4 aromatic rings. The minimum atomic E-state index is -0.204. The van der Waals surface area contributed by atoms with Gasteiger partial charge in [-0.1, -0.05) is 77.4 Å². The Bertz CT molecular complexity index is 1280. The van der Waals surface area contributed by atoms with Crippen LogP contribution in [-0.2, 0) is 4.84 Å². The van der Waals surface area contributed by atoms with Crippen LogP contribution in [0.25, 0.3) is 22.0 Å². The van der Waals surface area contributed by atoms with Crippen molar-refractivity contribution in [3.8, 4) is 11.1 Å². The average Bonchev–Trinajstić information content (AvgIpc) is 3.24. The Morgan fingerprint density at radius 3 is 2.41 bits per heavy atom. The summed E-state index contributed by atoms with van der Waals surface area (Å²) < 4.78 is 0. The van der Waals surface area contributed by atoms with Gasteiger partial charge in [0.25, 0.3) is 5.56 Å². The zero-order valence-corrected chi connectivity index (χ0v) is 16.2. The summed E-state index contributed by atoms with van der Waals surface area (Å²) in [5, 5.41) is 5.79. The third kappa shape index (κ3) is 3.22. The molecule has 1 N–H and O–H groups in total. The number of nitrogens with zero attached hydrogens (tertiary/aromatic N) is 1. The van der Waals surface area contributed by atoms with E-state index in [1.165, 1.54) is 0 Å². The highest BCUT2D eigenvalue weighted by Gasteiger charge is 2.28. The summed E-state index contributed by atoms with van der Waals surface area (Å²) in [6, 6.07) is 25.2. The maximum absolute atomic E-state index is 13.1. The molecular formula is C24H17ClN2O2. The van der Waals surface area contributed by atoms with Crippen molar-refractivity contribution >= 4 is 28.2 Å². The molecule has 0 unspecified atom stereocenters. The van der Waals surface area contributed by atoms with Crippen LogP contribution in [0.2, 0.25) is 5.02 Å². The number of nitrogens with one attached hydrogen (secondary N) is 1. The second kappa shape index (κ2) is 7.22. The first-order valence-electron chi connectivity index (χ1n) is 9.39. The van der Waals surface area contributed by atoms with E-state index in [1.54, 1.807) is 6.07 Å². The summed E-state index contributed by atoms with van der Waals surface area (Å²) in [6.45, 7) is 0. The molecule has 0 radical (unpaired) electrons. The van der Waals surface area contributed by atoms with Crippen LogP contribution in [0.4, 0.5) is 0 Å². The SMILES string of the molecule is O=c1[nH]c2ccc(Cl)cc2c(-c2ccccc2)c1C1=NO[C@H](c2ccccc2)C1. The topological polar surface area (TPSA) is 54.5 Å². The first-order valence-corrected chi connectivity index (χ1v) is 9.77. The van der Waals surface area contributed by atoms with Gasteiger partial charge in [0.2, 0.25) is 0 Å². The zero-order chi connectivity index (χ0) is 19.8. The van der Waals surface area contributed by atoms with Crippen molar-refractivity contribution in [3.05, 3.63) is 105 Å². The summed E-state index contributed by atoms with van der Waals surface area (Å²) >= 11 is 6.29. The summed E-state index contributed by atoms with van der Waals surface area (Å²) in [6.07, 6.45) is 0.322. The van der Waals surface area contributed by atoms with Crippen LogP contribution in [0.15, 0.2) is 88.8 Å². The molecular weight excluding hydrogens is 384 g/mol. The molecule has 0 saturated carbocycles. The van der Waals surface area contributed by atoms with Crippen molar-refractivity contribution in [1.29, 1.82) is 0 Å². The number of hydrogen-bond acceptors (Lipinski definition) is 3. The molecule has 5 rings (SSSR count). The van der Waals surface area contributed by atoms with Crippen molar-refractivity contribution in [2.75, 3.05) is 0 Å². The third-order valence-electron chi connectivity index (χ3n) is 5.17. The van der Waals surface area contributed by atoms with Crippen LogP contribution < -0.4 is 5.56 Å². The number of fused-ring (bicyclic) bond motifs is 1. The lowest BCUT2D eigenvalue weighted by Crippen LogP contribution is -2.19. The molecule has 0 saturated heterocycles. The molecule has 5 heteroatoms. The molecule has 0 bridgehead atoms. The van der Waals surface area contributed by atoms with E-state index in [0.717, 1.165) is 27.6 Å². The van der Waals surface area contributed by atoms with Gasteiger partial charge in [-0.15, -0.1) is 0 Å². The van der Waals surface area contributed by atoms with E-state index in [2.05, 4.69) is 10.1 Å². The fraction of sp³-hybridized carbons (Fsp3) is 0.0833. The third-order valence-corrected chi connectivity index (χ3v) is 5.40. The Morgan fingerprint density at radius 2 is 1.66 bits per heavy atom. The Morgan fingerprint density at radius 1 is 0.931 bits per heavy atom. The molecule has 1 aromatic heterocycles. The van der Waals surface area contributed by atoms with E-state index in [9.17, 15) is 4.79 Å². The predicted octanol–water partition coefficient (Wildman–Crippen LogP) is 5.71. The van der Waals surface area contributed by atoms with Crippen molar-refractivity contribution in [2.45, 2.75) is 12.5 Å². The van der Waals surface area contributed by atoms with Gasteiger partial charge in [0.05, 0.1) is 11.3 Å². The normalized spacial score (nSPS) is 15.9. The minimum Gasteiger partial charge on any atom is -0.387 e. The van der Waals surface area contributed by atoms with E-state index < -0.39 is 0 Å². The summed E-state index contributed by atoms with van der Waals surface area (Å²) in [4.78, 5) is 21.8. The van der Waals surface area contributed by atoms with Crippen molar-refractivity contribution in [2.24, 2.45) is 5.16 Å². The Balaban J connectivity index is 1.70. The molecule has 0 fully saturated rings. The van der Waals surface area contributed by atoms with Crippen LogP contribution in [0, 0.1) is 0 Å². The van der Waals surface area contributed by atoms with Gasteiger partial charge in [-0.05, 0) is 29.3 Å². The van der Waals surface area contributed by atoms with Gasteiger partial charge >= 0.3 is 0 Å². The van der Waals surface area contributed by atoms with Crippen LogP contribution in [0.5, 0.6) is 0 Å². The van der Waals surface area contributed by atoms with Crippen LogP contribution in [0.1, 0.15) is 23.7 Å². The number of hydrogen-bond donors (Lipinski definition) is 1. The number of pyridine rings is 1. The number of oxime groups is 1. The van der Waals surface area contributed by atoms with E-state index >= 15 is 0 Å². The second-order valence-electron chi connectivity index (χ2n) is 7.01. The van der Waals surface area contributed by atoms with Gasteiger partial charge in [0, 0.05) is 27.9 Å². The standard InChI is InChI=1S/C24H17ClN2O2/c25-17-11-12-19-18(13-17)22(16-9-5-2-6-10-16)23(24(28)26-19)20-14-21(29-27-20)15-7-3-1-4-8-15/h1-13,21H,14H2,(H,26,28)/t21-/m0/s1. The van der Waals surface area contributed by atoms with Crippen LogP contribution in [-0.4, -0.2) is 10.7 Å². The van der Waals surface area contributed by atoms with E-state index in [0.29, 0.717) is 22.7 Å². The molecule has 4 nitrogen and oxygen atoms in total. The van der Waals surface area contributed by atoms with Gasteiger partial charge in [-0.3, -0.25) is 4.79 Å². The fourth-order valence-corrected chi connectivity index (χ4v) is 3.99. The highest BCUT2D eigenvalue weighted by molar-refractivity contribution is 6.31. The maximum Gasteiger partial charge on any atom is 0.258 e. The summed E-state index contributed by atoms with van der Waals surface area (Å²) in [5.41, 5.74) is 4.52. The number of aromatic amines is 1. The van der Waals surface area contributed by atoms with Crippen LogP contribution in [0.3, 0.4) is 0 Å². The highest BCUT2D eigenvalue weighted by Crippen LogP contribution is 2.35. The van der Waals surface area contributed by atoms with E-state index in [4.69, 9.17) is 16.4 Å². The van der Waals surface area contributed by atoms with Crippen molar-refractivity contribution < 1.29 is 4.84 Å². The van der Waals surface area contributed by atoms with Gasteiger partial charge in [-0.25, -0.2) is 0 Å². The fourth-order valence-electron chi connectivity index (χ4n) is 3.82. The molecule has 1 aliphatic rings. The van der Waals surface area contributed by atoms with E-state index in [1.807, 2.05) is 72.8 Å². The first-order chi connectivity index (χ1) is 14.2.